The molecule has 0 saturated heterocycles. The molecule has 0 spiro atoms. The van der Waals surface area contributed by atoms with Crippen LogP contribution in [0.15, 0.2) is 6.07 Å². The highest BCUT2D eigenvalue weighted by atomic mass is 35.5. The Morgan fingerprint density at radius 3 is 2.69 bits per heavy atom. The highest BCUT2D eigenvalue weighted by Gasteiger charge is 2.15. The van der Waals surface area contributed by atoms with Crippen molar-refractivity contribution in [2.75, 3.05) is 5.73 Å². The summed E-state index contributed by atoms with van der Waals surface area (Å²) < 4.78 is 24.6. The quantitative estimate of drug-likeness (QED) is 0.756. The molecular weight excluding hydrogens is 198 g/mol. The number of nitrogens with zero attached hydrogens (tertiary/aromatic N) is 1. The topological polar surface area (TPSA) is 38.9 Å². The summed E-state index contributed by atoms with van der Waals surface area (Å²) in [7, 11) is 0. The van der Waals surface area contributed by atoms with Gasteiger partial charge in [0.2, 0.25) is 0 Å². The van der Waals surface area contributed by atoms with Gasteiger partial charge >= 0.3 is 0 Å². The first kappa shape index (κ1) is 10.2. The van der Waals surface area contributed by atoms with E-state index in [9.17, 15) is 8.78 Å². The summed E-state index contributed by atoms with van der Waals surface area (Å²) in [5.74, 6) is 0.117. The molecule has 0 aliphatic carbocycles. The van der Waals surface area contributed by atoms with Gasteiger partial charge in [0.15, 0.2) is 0 Å². The van der Waals surface area contributed by atoms with Crippen LogP contribution in [0.25, 0.3) is 0 Å². The zero-order valence-electron chi connectivity index (χ0n) is 7.02. The maximum Gasteiger partial charge on any atom is 0.282 e. The summed E-state index contributed by atoms with van der Waals surface area (Å²) in [5, 5.41) is 0. The summed E-state index contributed by atoms with van der Waals surface area (Å²) in [6, 6.07) is 1.46. The molecule has 0 radical (unpaired) electrons. The maximum absolute atomic E-state index is 12.3. The Kier molecular flexibility index (Phi) is 3.03. The van der Waals surface area contributed by atoms with Crippen LogP contribution >= 0.6 is 11.6 Å². The molecule has 2 nitrogen and oxygen atoms in total. The molecule has 5 heteroatoms. The minimum Gasteiger partial charge on any atom is -0.397 e. The van der Waals surface area contributed by atoms with E-state index >= 15 is 0 Å². The van der Waals surface area contributed by atoms with Gasteiger partial charge in [0.1, 0.15) is 5.69 Å². The number of nitrogen functional groups attached to an aromatic ring is 1. The lowest BCUT2D eigenvalue weighted by atomic mass is 10.2. The summed E-state index contributed by atoms with van der Waals surface area (Å²) in [6.07, 6.45) is -2.65. The van der Waals surface area contributed by atoms with Gasteiger partial charge in [-0.3, -0.25) is 0 Å². The SMILES string of the molecule is Cc1cc(N)c(C(F)F)nc1CCl. The second kappa shape index (κ2) is 3.87. The Morgan fingerprint density at radius 1 is 1.62 bits per heavy atom. The standard InChI is InChI=1S/C8H9ClF2N2/c1-4-2-5(12)7(8(10)11)13-6(4)3-9/h2,8H,3,12H2,1H3. The summed E-state index contributed by atoms with van der Waals surface area (Å²) in [6.45, 7) is 1.73. The molecule has 0 saturated carbocycles. The number of halogens is 3. The van der Waals surface area contributed by atoms with Crippen molar-refractivity contribution in [1.82, 2.24) is 4.98 Å². The van der Waals surface area contributed by atoms with Crippen molar-refractivity contribution in [3.8, 4) is 0 Å². The number of alkyl halides is 3. The minimum atomic E-state index is -2.65. The molecular formula is C8H9ClF2N2. The zero-order valence-corrected chi connectivity index (χ0v) is 7.78. The average Bonchev–Trinajstić information content (AvgIpc) is 2.03. The Balaban J connectivity index is 3.22. The third-order valence-electron chi connectivity index (χ3n) is 1.71. The van der Waals surface area contributed by atoms with E-state index in [1.165, 1.54) is 6.07 Å². The fraction of sp³-hybridized carbons (Fsp3) is 0.375. The van der Waals surface area contributed by atoms with Crippen molar-refractivity contribution in [2.24, 2.45) is 0 Å². The molecule has 1 heterocycles. The van der Waals surface area contributed by atoms with Gasteiger partial charge in [-0.1, -0.05) is 0 Å². The fourth-order valence-corrected chi connectivity index (χ4v) is 1.27. The summed E-state index contributed by atoms with van der Waals surface area (Å²) in [4.78, 5) is 3.68. The van der Waals surface area contributed by atoms with Crippen molar-refractivity contribution < 1.29 is 8.78 Å². The molecule has 2 N–H and O–H groups in total. The van der Waals surface area contributed by atoms with E-state index in [1.54, 1.807) is 6.92 Å². The smallest absolute Gasteiger partial charge is 0.282 e. The number of hydrogen-bond acceptors (Lipinski definition) is 2. The van der Waals surface area contributed by atoms with Crippen LogP contribution in [0, 0.1) is 6.92 Å². The summed E-state index contributed by atoms with van der Waals surface area (Å²) in [5.41, 5.74) is 6.17. The molecule has 1 aromatic rings. The van der Waals surface area contributed by atoms with Crippen molar-refractivity contribution >= 4 is 17.3 Å². The van der Waals surface area contributed by atoms with Gasteiger partial charge in [0, 0.05) is 0 Å². The number of anilines is 1. The van der Waals surface area contributed by atoms with Gasteiger partial charge in [-0.2, -0.15) is 0 Å². The van der Waals surface area contributed by atoms with Crippen LogP contribution in [0.4, 0.5) is 14.5 Å². The predicted molar refractivity (Wildman–Crippen MR) is 47.9 cm³/mol. The average molecular weight is 207 g/mol. The monoisotopic (exact) mass is 206 g/mol. The molecule has 1 aromatic heterocycles. The van der Waals surface area contributed by atoms with Crippen LogP contribution in [0.3, 0.4) is 0 Å². The van der Waals surface area contributed by atoms with E-state index in [2.05, 4.69) is 4.98 Å². The first-order valence-corrected chi connectivity index (χ1v) is 4.19. The zero-order chi connectivity index (χ0) is 10.0. The van der Waals surface area contributed by atoms with E-state index < -0.39 is 6.43 Å². The molecule has 72 valence electrons. The van der Waals surface area contributed by atoms with Crippen LogP contribution < -0.4 is 5.73 Å². The molecule has 13 heavy (non-hydrogen) atoms. The summed E-state index contributed by atoms with van der Waals surface area (Å²) >= 11 is 5.51. The number of hydrogen-bond donors (Lipinski definition) is 1. The Labute approximate surface area is 79.7 Å². The molecule has 0 atom stereocenters. The molecule has 0 bridgehead atoms. The number of aromatic nitrogens is 1. The highest BCUT2D eigenvalue weighted by molar-refractivity contribution is 6.17. The van der Waals surface area contributed by atoms with Gasteiger partial charge in [-0.15, -0.1) is 11.6 Å². The van der Waals surface area contributed by atoms with Crippen molar-refractivity contribution in [1.29, 1.82) is 0 Å². The Morgan fingerprint density at radius 2 is 2.23 bits per heavy atom. The lowest BCUT2D eigenvalue weighted by Crippen LogP contribution is -2.03. The van der Waals surface area contributed by atoms with Gasteiger partial charge in [-0.05, 0) is 18.6 Å². The molecule has 0 unspecified atom stereocenters. The van der Waals surface area contributed by atoms with Gasteiger partial charge in [0.25, 0.3) is 6.43 Å². The third kappa shape index (κ3) is 2.06. The fourth-order valence-electron chi connectivity index (χ4n) is 0.999. The lowest BCUT2D eigenvalue weighted by molar-refractivity contribution is 0.147. The van der Waals surface area contributed by atoms with Crippen LogP contribution in [-0.4, -0.2) is 4.98 Å². The molecule has 0 fully saturated rings. The number of nitrogens with two attached hydrogens (primary N) is 1. The van der Waals surface area contributed by atoms with Gasteiger partial charge in [0.05, 0.1) is 17.3 Å². The third-order valence-corrected chi connectivity index (χ3v) is 1.96. The van der Waals surface area contributed by atoms with E-state index in [-0.39, 0.29) is 17.3 Å². The van der Waals surface area contributed by atoms with E-state index in [1.807, 2.05) is 0 Å². The van der Waals surface area contributed by atoms with Crippen molar-refractivity contribution in [2.45, 2.75) is 19.2 Å². The lowest BCUT2D eigenvalue weighted by Gasteiger charge is -2.07. The first-order chi connectivity index (χ1) is 6.06. The van der Waals surface area contributed by atoms with Crippen LogP contribution in [0.5, 0.6) is 0 Å². The second-order valence-electron chi connectivity index (χ2n) is 2.66. The van der Waals surface area contributed by atoms with E-state index in [4.69, 9.17) is 17.3 Å². The second-order valence-corrected chi connectivity index (χ2v) is 2.93. The van der Waals surface area contributed by atoms with Crippen LogP contribution in [0.2, 0.25) is 0 Å². The highest BCUT2D eigenvalue weighted by Crippen LogP contribution is 2.25. The molecule has 0 aliphatic rings. The molecule has 0 amide bonds. The van der Waals surface area contributed by atoms with Gasteiger partial charge in [-0.25, -0.2) is 13.8 Å². The molecule has 0 aliphatic heterocycles. The van der Waals surface area contributed by atoms with E-state index in [0.29, 0.717) is 5.69 Å². The normalized spacial score (nSPS) is 10.8. The molecule has 0 aromatic carbocycles. The predicted octanol–water partition coefficient (Wildman–Crippen LogP) is 2.65. The first-order valence-electron chi connectivity index (χ1n) is 3.66. The maximum atomic E-state index is 12.3. The number of rotatable bonds is 2. The Hall–Kier alpha value is -0.900. The van der Waals surface area contributed by atoms with Crippen molar-refractivity contribution in [3.05, 3.63) is 23.0 Å². The molecule has 1 rings (SSSR count). The van der Waals surface area contributed by atoms with Gasteiger partial charge < -0.3 is 5.73 Å². The number of aryl methyl sites for hydroxylation is 1. The van der Waals surface area contributed by atoms with Crippen LogP contribution in [0.1, 0.15) is 23.4 Å². The minimum absolute atomic E-state index is 0.0152. The Bertz CT molecular complexity index is 315. The van der Waals surface area contributed by atoms with Crippen LogP contribution in [-0.2, 0) is 5.88 Å². The largest absolute Gasteiger partial charge is 0.397 e. The van der Waals surface area contributed by atoms with E-state index in [0.717, 1.165) is 5.56 Å². The van der Waals surface area contributed by atoms with Crippen molar-refractivity contribution in [3.63, 3.8) is 0 Å². The number of pyridine rings is 1.